The largest absolute Gasteiger partial charge is 0.395 e. The maximum Gasteiger partial charge on any atom is 0.395 e. The van der Waals surface area contributed by atoms with Gasteiger partial charge in [-0.05, 0) is 0 Å². The van der Waals surface area contributed by atoms with Crippen LogP contribution >= 0.6 is 23.2 Å². The lowest BCUT2D eigenvalue weighted by atomic mass is 9.88. The quantitative estimate of drug-likeness (QED) is 0.777. The van der Waals surface area contributed by atoms with Gasteiger partial charge in [-0.15, -0.1) is 5.10 Å². The second kappa shape index (κ2) is 7.20. The van der Waals surface area contributed by atoms with Gasteiger partial charge in [-0.25, -0.2) is 4.68 Å². The van der Waals surface area contributed by atoms with Gasteiger partial charge in [0.2, 0.25) is 0 Å². The first-order chi connectivity index (χ1) is 11.5. The molecule has 140 valence electrons. The highest BCUT2D eigenvalue weighted by Crippen LogP contribution is 2.47. The van der Waals surface area contributed by atoms with Crippen LogP contribution < -0.4 is 11.1 Å². The fourth-order valence-electron chi connectivity index (χ4n) is 2.57. The molecule has 0 radical (unpaired) electrons. The minimum Gasteiger partial charge on any atom is -0.383 e. The lowest BCUT2D eigenvalue weighted by Crippen LogP contribution is -2.31. The van der Waals surface area contributed by atoms with E-state index in [4.69, 9.17) is 28.9 Å². The molecule has 2 rings (SSSR count). The molecule has 0 saturated heterocycles. The summed E-state index contributed by atoms with van der Waals surface area (Å²) < 4.78 is 52.8. The van der Waals surface area contributed by atoms with Crippen LogP contribution in [0.4, 0.5) is 24.8 Å². The van der Waals surface area contributed by atoms with Crippen LogP contribution in [0.15, 0.2) is 21.0 Å². The summed E-state index contributed by atoms with van der Waals surface area (Å²) in [7, 11) is 0.140. The molecule has 0 aliphatic heterocycles. The Balaban J connectivity index is 2.63. The standard InChI is InChI=1S/C14H17Cl2F3N4OS/c1-4-25(24)11-12(20)23(22-13(11)21-3)10-8(15)5-7(14(17,18)19)6(2)9(10)16/h5-7H,4,20H2,1-3H3,(H,21,22). The van der Waals surface area contributed by atoms with E-state index in [2.05, 4.69) is 10.4 Å². The Bertz CT molecular complexity index is 773. The van der Waals surface area contributed by atoms with Crippen molar-refractivity contribution in [1.29, 1.82) is 0 Å². The summed E-state index contributed by atoms with van der Waals surface area (Å²) in [6.07, 6.45) is -3.59. The first-order valence-electron chi connectivity index (χ1n) is 7.33. The van der Waals surface area contributed by atoms with E-state index < -0.39 is 28.8 Å². The monoisotopic (exact) mass is 416 g/mol. The van der Waals surface area contributed by atoms with Crippen LogP contribution in [0.2, 0.25) is 0 Å². The summed E-state index contributed by atoms with van der Waals surface area (Å²) >= 11 is 12.3. The molecule has 1 heterocycles. The SMILES string of the molecule is CCS(=O)c1c(NC)nn(C2=C(Cl)C(C)C(C(F)(F)F)C=C2Cl)c1N. The van der Waals surface area contributed by atoms with Gasteiger partial charge >= 0.3 is 6.18 Å². The van der Waals surface area contributed by atoms with Crippen molar-refractivity contribution in [3.8, 4) is 0 Å². The number of hydrogen-bond acceptors (Lipinski definition) is 4. The van der Waals surface area contributed by atoms with Crippen molar-refractivity contribution in [3.05, 3.63) is 16.1 Å². The highest BCUT2D eigenvalue weighted by molar-refractivity contribution is 7.85. The van der Waals surface area contributed by atoms with E-state index in [1.165, 1.54) is 6.92 Å². The lowest BCUT2D eigenvalue weighted by molar-refractivity contribution is -0.169. The number of nitrogens with zero attached hydrogens (tertiary/aromatic N) is 2. The fourth-order valence-corrected chi connectivity index (χ4v) is 4.22. The van der Waals surface area contributed by atoms with Crippen molar-refractivity contribution in [2.24, 2.45) is 11.8 Å². The van der Waals surface area contributed by atoms with Gasteiger partial charge in [-0.2, -0.15) is 13.2 Å². The van der Waals surface area contributed by atoms with E-state index in [1.807, 2.05) is 0 Å². The Morgan fingerprint density at radius 3 is 2.52 bits per heavy atom. The summed E-state index contributed by atoms with van der Waals surface area (Å²) in [5.41, 5.74) is 6.10. The zero-order valence-corrected chi connectivity index (χ0v) is 15.9. The van der Waals surface area contributed by atoms with Crippen LogP contribution in [0.1, 0.15) is 13.8 Å². The molecule has 1 aromatic heterocycles. The molecule has 3 N–H and O–H groups in total. The molecule has 0 bridgehead atoms. The third kappa shape index (κ3) is 3.54. The summed E-state index contributed by atoms with van der Waals surface area (Å²) in [5.74, 6) is -2.29. The second-order valence-electron chi connectivity index (χ2n) is 5.43. The average Bonchev–Trinajstić information content (AvgIpc) is 2.86. The van der Waals surface area contributed by atoms with Gasteiger partial charge in [0.25, 0.3) is 0 Å². The van der Waals surface area contributed by atoms with Gasteiger partial charge in [0.05, 0.1) is 21.7 Å². The lowest BCUT2D eigenvalue weighted by Gasteiger charge is -2.29. The van der Waals surface area contributed by atoms with Gasteiger partial charge in [0, 0.05) is 23.8 Å². The van der Waals surface area contributed by atoms with Crippen molar-refractivity contribution in [2.75, 3.05) is 23.9 Å². The number of hydrogen-bond donors (Lipinski definition) is 2. The third-order valence-corrected chi connectivity index (χ3v) is 6.12. The Hall–Kier alpha value is -1.19. The molecule has 0 aromatic carbocycles. The maximum atomic E-state index is 13.1. The number of allylic oxidation sites excluding steroid dienone is 4. The normalized spacial score (nSPS) is 22.8. The van der Waals surface area contributed by atoms with E-state index in [9.17, 15) is 17.4 Å². The third-order valence-electron chi connectivity index (χ3n) is 3.91. The smallest absolute Gasteiger partial charge is 0.383 e. The molecule has 0 spiro atoms. The van der Waals surface area contributed by atoms with Crippen LogP contribution in [0, 0.1) is 11.8 Å². The first-order valence-corrected chi connectivity index (χ1v) is 9.41. The van der Waals surface area contributed by atoms with Crippen molar-refractivity contribution < 1.29 is 17.4 Å². The van der Waals surface area contributed by atoms with Crippen molar-refractivity contribution >= 4 is 51.3 Å². The number of halogens is 5. The van der Waals surface area contributed by atoms with Crippen LogP contribution in [0.5, 0.6) is 0 Å². The molecule has 1 aliphatic rings. The highest BCUT2D eigenvalue weighted by atomic mass is 35.5. The predicted octanol–water partition coefficient (Wildman–Crippen LogP) is 3.99. The van der Waals surface area contributed by atoms with Crippen LogP contribution in [-0.4, -0.2) is 33.0 Å². The maximum absolute atomic E-state index is 13.1. The molecule has 0 fully saturated rings. The molecule has 11 heteroatoms. The number of nitrogen functional groups attached to an aromatic ring is 1. The Morgan fingerprint density at radius 2 is 2.04 bits per heavy atom. The van der Waals surface area contributed by atoms with Crippen LogP contribution in [0.3, 0.4) is 0 Å². The molecule has 1 aromatic rings. The molecular weight excluding hydrogens is 400 g/mol. The average molecular weight is 417 g/mol. The first kappa shape index (κ1) is 20.1. The van der Waals surface area contributed by atoms with E-state index in [0.29, 0.717) is 5.75 Å². The van der Waals surface area contributed by atoms with E-state index >= 15 is 0 Å². The van der Waals surface area contributed by atoms with Crippen LogP contribution in [-0.2, 0) is 10.8 Å². The van der Waals surface area contributed by atoms with Gasteiger partial charge in [-0.3, -0.25) is 4.21 Å². The van der Waals surface area contributed by atoms with E-state index in [-0.39, 0.29) is 32.3 Å². The minimum atomic E-state index is -4.48. The van der Waals surface area contributed by atoms with Gasteiger partial charge in [0.15, 0.2) is 5.82 Å². The van der Waals surface area contributed by atoms with Gasteiger partial charge < -0.3 is 11.1 Å². The summed E-state index contributed by atoms with van der Waals surface area (Å²) in [4.78, 5) is 0.261. The second-order valence-corrected chi connectivity index (χ2v) is 7.92. The summed E-state index contributed by atoms with van der Waals surface area (Å²) in [6.45, 7) is 3.06. The molecule has 3 atom stereocenters. The van der Waals surface area contributed by atoms with E-state index in [0.717, 1.165) is 10.8 Å². The van der Waals surface area contributed by atoms with Gasteiger partial charge in [-0.1, -0.05) is 43.1 Å². The Kier molecular flexibility index (Phi) is 5.80. The zero-order valence-electron chi connectivity index (χ0n) is 13.6. The number of nitrogens with one attached hydrogen (secondary N) is 1. The molecule has 0 amide bonds. The number of aromatic nitrogens is 2. The topological polar surface area (TPSA) is 72.9 Å². The Morgan fingerprint density at radius 1 is 1.44 bits per heavy atom. The molecule has 1 aliphatic carbocycles. The van der Waals surface area contributed by atoms with E-state index in [1.54, 1.807) is 14.0 Å². The van der Waals surface area contributed by atoms with Crippen molar-refractivity contribution in [1.82, 2.24) is 9.78 Å². The number of rotatable bonds is 4. The number of nitrogens with two attached hydrogens (primary N) is 1. The predicted molar refractivity (Wildman–Crippen MR) is 94.8 cm³/mol. The van der Waals surface area contributed by atoms with Crippen LogP contribution in [0.25, 0.3) is 5.70 Å². The van der Waals surface area contributed by atoms with Crippen molar-refractivity contribution in [3.63, 3.8) is 0 Å². The highest BCUT2D eigenvalue weighted by Gasteiger charge is 2.46. The number of alkyl halides is 3. The molecular formula is C14H17Cl2F3N4OS. The summed E-state index contributed by atoms with van der Waals surface area (Å²) in [6, 6.07) is 0. The zero-order chi connectivity index (χ0) is 19.1. The minimum absolute atomic E-state index is 0.0156. The van der Waals surface area contributed by atoms with Gasteiger partial charge in [0.1, 0.15) is 16.4 Å². The Labute approximate surface area is 155 Å². The molecule has 3 unspecified atom stereocenters. The molecule has 5 nitrogen and oxygen atoms in total. The fraction of sp³-hybridized carbons (Fsp3) is 0.500. The molecule has 0 saturated carbocycles. The number of anilines is 2. The van der Waals surface area contributed by atoms with Crippen molar-refractivity contribution in [2.45, 2.75) is 24.9 Å². The molecule has 25 heavy (non-hydrogen) atoms. The summed E-state index contributed by atoms with van der Waals surface area (Å²) in [5, 5.41) is 6.63.